The first-order valence-electron chi connectivity index (χ1n) is 7.87. The van der Waals surface area contributed by atoms with Crippen LogP contribution in [0.4, 0.5) is 14.9 Å². The number of hydrogen-bond donors (Lipinski definition) is 2. The second kappa shape index (κ2) is 8.24. The molecular weight excluding hydrogens is 339 g/mol. The Labute approximate surface area is 150 Å². The largest absolute Gasteiger partial charge is 0.452 e. The van der Waals surface area contributed by atoms with Crippen molar-refractivity contribution in [1.82, 2.24) is 5.32 Å². The summed E-state index contributed by atoms with van der Waals surface area (Å²) in [5, 5.41) is 4.56. The molecule has 2 N–H and O–H groups in total. The number of carbonyl (C=O) groups is 3. The SMILES string of the molecule is Cc1ccc(NC(=O)NC(=O)COC(=O)c2ccc(C)c(F)c2)cc1C. The Hall–Kier alpha value is -3.22. The predicted octanol–water partition coefficient (Wildman–Crippen LogP) is 3.26. The van der Waals surface area contributed by atoms with Gasteiger partial charge in [0.25, 0.3) is 5.91 Å². The van der Waals surface area contributed by atoms with E-state index in [1.165, 1.54) is 12.1 Å². The number of carbonyl (C=O) groups excluding carboxylic acids is 3. The van der Waals surface area contributed by atoms with Crippen LogP contribution in [-0.4, -0.2) is 24.5 Å². The molecule has 7 heteroatoms. The first-order chi connectivity index (χ1) is 12.3. The number of halogens is 1. The van der Waals surface area contributed by atoms with Crippen molar-refractivity contribution in [2.75, 3.05) is 11.9 Å². The summed E-state index contributed by atoms with van der Waals surface area (Å²) < 4.78 is 18.2. The number of imide groups is 1. The number of aryl methyl sites for hydroxylation is 3. The fourth-order valence-electron chi connectivity index (χ4n) is 2.08. The molecule has 6 nitrogen and oxygen atoms in total. The summed E-state index contributed by atoms with van der Waals surface area (Å²) >= 11 is 0. The van der Waals surface area contributed by atoms with Crippen LogP contribution in [0.1, 0.15) is 27.0 Å². The minimum absolute atomic E-state index is 0.0134. The van der Waals surface area contributed by atoms with E-state index in [0.29, 0.717) is 11.3 Å². The predicted molar refractivity (Wildman–Crippen MR) is 94.5 cm³/mol. The zero-order valence-electron chi connectivity index (χ0n) is 14.7. The molecule has 2 rings (SSSR count). The second-order valence-electron chi connectivity index (χ2n) is 5.84. The van der Waals surface area contributed by atoms with Crippen LogP contribution >= 0.6 is 0 Å². The lowest BCUT2D eigenvalue weighted by Gasteiger charge is -2.09. The molecule has 0 unspecified atom stereocenters. The monoisotopic (exact) mass is 358 g/mol. The first-order valence-corrected chi connectivity index (χ1v) is 7.87. The third kappa shape index (κ3) is 5.14. The van der Waals surface area contributed by atoms with Crippen molar-refractivity contribution in [3.8, 4) is 0 Å². The smallest absolute Gasteiger partial charge is 0.338 e. The quantitative estimate of drug-likeness (QED) is 0.822. The van der Waals surface area contributed by atoms with Crippen molar-refractivity contribution in [2.24, 2.45) is 0 Å². The third-order valence-corrected chi connectivity index (χ3v) is 3.76. The number of nitrogens with one attached hydrogen (secondary N) is 2. The van der Waals surface area contributed by atoms with Gasteiger partial charge in [-0.25, -0.2) is 14.0 Å². The van der Waals surface area contributed by atoms with E-state index in [9.17, 15) is 18.8 Å². The molecule has 0 saturated carbocycles. The molecule has 0 radical (unpaired) electrons. The number of anilines is 1. The van der Waals surface area contributed by atoms with E-state index in [1.54, 1.807) is 19.1 Å². The molecule has 2 aromatic rings. The molecule has 2 aromatic carbocycles. The van der Waals surface area contributed by atoms with E-state index in [-0.39, 0.29) is 5.56 Å². The molecule has 0 aliphatic carbocycles. The van der Waals surface area contributed by atoms with Gasteiger partial charge in [0, 0.05) is 5.69 Å². The van der Waals surface area contributed by atoms with Crippen molar-refractivity contribution >= 4 is 23.6 Å². The summed E-state index contributed by atoms with van der Waals surface area (Å²) in [4.78, 5) is 35.3. The number of benzene rings is 2. The standard InChI is InChI=1S/C19H19FN2O4/c1-11-5-7-15(8-13(11)3)21-19(25)22-17(23)10-26-18(24)14-6-4-12(2)16(20)9-14/h4-9H,10H2,1-3H3,(H2,21,22,23,25). The Balaban J connectivity index is 1.83. The lowest BCUT2D eigenvalue weighted by Crippen LogP contribution is -2.37. The molecule has 3 amide bonds. The molecule has 0 spiro atoms. The zero-order chi connectivity index (χ0) is 19.3. The number of esters is 1. The highest BCUT2D eigenvalue weighted by atomic mass is 19.1. The van der Waals surface area contributed by atoms with Crippen LogP contribution in [0, 0.1) is 26.6 Å². The van der Waals surface area contributed by atoms with Crippen molar-refractivity contribution < 1.29 is 23.5 Å². The third-order valence-electron chi connectivity index (χ3n) is 3.76. The highest BCUT2D eigenvalue weighted by Gasteiger charge is 2.14. The van der Waals surface area contributed by atoms with Crippen LogP contribution in [0.25, 0.3) is 0 Å². The second-order valence-corrected chi connectivity index (χ2v) is 5.84. The summed E-state index contributed by atoms with van der Waals surface area (Å²) in [6.07, 6.45) is 0. The van der Waals surface area contributed by atoms with Gasteiger partial charge in [-0.2, -0.15) is 0 Å². The minimum Gasteiger partial charge on any atom is -0.452 e. The summed E-state index contributed by atoms with van der Waals surface area (Å²) in [5.74, 6) is -2.20. The van der Waals surface area contributed by atoms with Gasteiger partial charge in [-0.05, 0) is 61.7 Å². The Morgan fingerprint density at radius 2 is 1.65 bits per heavy atom. The van der Waals surface area contributed by atoms with Gasteiger partial charge in [-0.15, -0.1) is 0 Å². The van der Waals surface area contributed by atoms with E-state index in [0.717, 1.165) is 17.2 Å². The van der Waals surface area contributed by atoms with Crippen LogP contribution < -0.4 is 10.6 Å². The van der Waals surface area contributed by atoms with E-state index in [4.69, 9.17) is 4.74 Å². The van der Waals surface area contributed by atoms with E-state index >= 15 is 0 Å². The minimum atomic E-state index is -0.853. The maximum Gasteiger partial charge on any atom is 0.338 e. The number of amides is 3. The van der Waals surface area contributed by atoms with Gasteiger partial charge >= 0.3 is 12.0 Å². The van der Waals surface area contributed by atoms with E-state index in [2.05, 4.69) is 5.32 Å². The highest BCUT2D eigenvalue weighted by molar-refractivity contribution is 6.02. The van der Waals surface area contributed by atoms with Gasteiger partial charge < -0.3 is 10.1 Å². The normalized spacial score (nSPS) is 10.2. The number of hydrogen-bond acceptors (Lipinski definition) is 4. The van der Waals surface area contributed by atoms with Gasteiger partial charge in [-0.3, -0.25) is 10.1 Å². The fraction of sp³-hybridized carbons (Fsp3) is 0.211. The van der Waals surface area contributed by atoms with Gasteiger partial charge in [-0.1, -0.05) is 12.1 Å². The van der Waals surface area contributed by atoms with Gasteiger partial charge in [0.15, 0.2) is 6.61 Å². The topological polar surface area (TPSA) is 84.5 Å². The summed E-state index contributed by atoms with van der Waals surface area (Å²) in [6.45, 7) is 4.74. The molecule has 0 heterocycles. The van der Waals surface area contributed by atoms with Crippen LogP contribution in [0.5, 0.6) is 0 Å². The highest BCUT2D eigenvalue weighted by Crippen LogP contribution is 2.14. The molecule has 0 aliphatic heterocycles. The number of urea groups is 1. The van der Waals surface area contributed by atoms with Gasteiger partial charge in [0.1, 0.15) is 5.82 Å². The van der Waals surface area contributed by atoms with Gasteiger partial charge in [0.2, 0.25) is 0 Å². The van der Waals surface area contributed by atoms with Gasteiger partial charge in [0.05, 0.1) is 5.56 Å². The van der Waals surface area contributed by atoms with Crippen molar-refractivity contribution in [2.45, 2.75) is 20.8 Å². The fourth-order valence-corrected chi connectivity index (χ4v) is 2.08. The maximum atomic E-state index is 13.4. The Bertz CT molecular complexity index is 865. The Morgan fingerprint density at radius 1 is 0.962 bits per heavy atom. The average Bonchev–Trinajstić information content (AvgIpc) is 2.58. The first kappa shape index (κ1) is 19.1. The molecule has 0 atom stereocenters. The summed E-state index contributed by atoms with van der Waals surface area (Å²) in [5.41, 5.74) is 2.98. The molecule has 0 aliphatic rings. The maximum absolute atomic E-state index is 13.4. The number of rotatable bonds is 4. The summed E-state index contributed by atoms with van der Waals surface area (Å²) in [7, 11) is 0. The molecule has 26 heavy (non-hydrogen) atoms. The molecule has 0 aromatic heterocycles. The zero-order valence-corrected chi connectivity index (χ0v) is 14.7. The summed E-state index contributed by atoms with van der Waals surface area (Å²) in [6, 6.07) is 8.44. The van der Waals surface area contributed by atoms with Crippen LogP contribution in [0.2, 0.25) is 0 Å². The van der Waals surface area contributed by atoms with Crippen molar-refractivity contribution in [1.29, 1.82) is 0 Å². The molecule has 136 valence electrons. The van der Waals surface area contributed by atoms with E-state index < -0.39 is 30.3 Å². The Morgan fingerprint density at radius 3 is 2.31 bits per heavy atom. The number of ether oxygens (including phenoxy) is 1. The lowest BCUT2D eigenvalue weighted by atomic mass is 10.1. The lowest BCUT2D eigenvalue weighted by molar-refractivity contribution is -0.123. The molecule has 0 fully saturated rings. The van der Waals surface area contributed by atoms with E-state index in [1.807, 2.05) is 25.2 Å². The van der Waals surface area contributed by atoms with Crippen LogP contribution in [0.3, 0.4) is 0 Å². The Kier molecular flexibility index (Phi) is 6.06. The van der Waals surface area contributed by atoms with Crippen molar-refractivity contribution in [3.05, 3.63) is 64.5 Å². The molecule has 0 saturated heterocycles. The van der Waals surface area contributed by atoms with Crippen LogP contribution in [0.15, 0.2) is 36.4 Å². The van der Waals surface area contributed by atoms with Crippen LogP contribution in [-0.2, 0) is 9.53 Å². The molecular formula is C19H19FN2O4. The van der Waals surface area contributed by atoms with Crippen molar-refractivity contribution in [3.63, 3.8) is 0 Å². The average molecular weight is 358 g/mol. The molecule has 0 bridgehead atoms.